The van der Waals surface area contributed by atoms with E-state index in [1.54, 1.807) is 0 Å². The Labute approximate surface area is 151 Å². The highest BCUT2D eigenvalue weighted by molar-refractivity contribution is 5.35. The zero-order valence-corrected chi connectivity index (χ0v) is 16.5. The Bertz CT molecular complexity index is 746. The van der Waals surface area contributed by atoms with Crippen LogP contribution in [-0.4, -0.2) is 14.8 Å². The van der Waals surface area contributed by atoms with Gasteiger partial charge in [0, 0.05) is 29.8 Å². The highest BCUT2D eigenvalue weighted by atomic mass is 15.3. The molecular formula is C21H32N4. The van der Waals surface area contributed by atoms with Crippen LogP contribution < -0.4 is 5.73 Å². The van der Waals surface area contributed by atoms with Gasteiger partial charge in [-0.25, -0.2) is 4.68 Å². The number of aromatic nitrogens is 3. The van der Waals surface area contributed by atoms with Crippen molar-refractivity contribution in [3.63, 3.8) is 0 Å². The molecule has 4 heteroatoms. The van der Waals surface area contributed by atoms with Gasteiger partial charge in [-0.2, -0.15) is 5.10 Å². The Balaban J connectivity index is 1.79. The second kappa shape index (κ2) is 6.15. The Morgan fingerprint density at radius 3 is 2.20 bits per heavy atom. The molecule has 4 nitrogen and oxygen atoms in total. The van der Waals surface area contributed by atoms with E-state index in [4.69, 9.17) is 10.8 Å². The van der Waals surface area contributed by atoms with E-state index in [1.807, 2.05) is 10.9 Å². The van der Waals surface area contributed by atoms with E-state index in [-0.39, 0.29) is 11.0 Å². The fourth-order valence-corrected chi connectivity index (χ4v) is 3.81. The van der Waals surface area contributed by atoms with Gasteiger partial charge in [0.2, 0.25) is 0 Å². The Hall–Kier alpha value is -1.84. The summed E-state index contributed by atoms with van der Waals surface area (Å²) in [4.78, 5) is 4.67. The Morgan fingerprint density at radius 1 is 1.00 bits per heavy atom. The van der Waals surface area contributed by atoms with E-state index < -0.39 is 0 Å². The van der Waals surface area contributed by atoms with E-state index in [1.165, 1.54) is 17.7 Å². The van der Waals surface area contributed by atoms with Gasteiger partial charge in [-0.3, -0.25) is 4.98 Å². The average molecular weight is 341 g/mol. The second-order valence-corrected chi connectivity index (χ2v) is 9.50. The molecule has 1 fully saturated rings. The number of nitrogens with zero attached hydrogens (tertiary/aromatic N) is 3. The third-order valence-electron chi connectivity index (χ3n) is 5.31. The summed E-state index contributed by atoms with van der Waals surface area (Å²) >= 11 is 0. The summed E-state index contributed by atoms with van der Waals surface area (Å²) in [5.41, 5.74) is 10.0. The van der Waals surface area contributed by atoms with E-state index in [9.17, 15) is 0 Å². The maximum atomic E-state index is 6.20. The lowest BCUT2D eigenvalue weighted by Crippen LogP contribution is -2.24. The molecule has 0 spiro atoms. The van der Waals surface area contributed by atoms with Gasteiger partial charge < -0.3 is 5.73 Å². The van der Waals surface area contributed by atoms with Crippen molar-refractivity contribution in [1.82, 2.24) is 14.8 Å². The van der Waals surface area contributed by atoms with Crippen molar-refractivity contribution < 1.29 is 0 Å². The van der Waals surface area contributed by atoms with Crippen LogP contribution in [0.25, 0.3) is 0 Å². The molecule has 0 amide bonds. The average Bonchev–Trinajstić information content (AvgIpc) is 3.12. The molecule has 2 N–H and O–H groups in total. The summed E-state index contributed by atoms with van der Waals surface area (Å²) in [6.45, 7) is 13.2. The molecule has 2 heterocycles. The first-order chi connectivity index (χ1) is 11.6. The number of hydrogen-bond acceptors (Lipinski definition) is 3. The van der Waals surface area contributed by atoms with Crippen LogP contribution in [0.5, 0.6) is 0 Å². The Morgan fingerprint density at radius 2 is 1.64 bits per heavy atom. The standard InChI is InChI=1S/C21H32N4/c1-20(2,3)16-9-10-23-17(12-16)14-7-8-15(11-14)18-13-19(22)25(24-18)21(4,5)6/h9-10,12-15H,7-8,11,22H2,1-6H3. The number of nitrogens with two attached hydrogens (primary N) is 1. The van der Waals surface area contributed by atoms with Gasteiger partial charge in [-0.15, -0.1) is 0 Å². The fourth-order valence-electron chi connectivity index (χ4n) is 3.81. The molecule has 0 aliphatic heterocycles. The van der Waals surface area contributed by atoms with Crippen molar-refractivity contribution in [3.05, 3.63) is 41.3 Å². The topological polar surface area (TPSA) is 56.7 Å². The minimum atomic E-state index is -0.0804. The second-order valence-electron chi connectivity index (χ2n) is 9.50. The van der Waals surface area contributed by atoms with Gasteiger partial charge in [0.1, 0.15) is 5.82 Å². The van der Waals surface area contributed by atoms with Gasteiger partial charge in [0.25, 0.3) is 0 Å². The number of rotatable bonds is 2. The normalized spacial score (nSPS) is 21.7. The number of pyridine rings is 1. The van der Waals surface area contributed by atoms with E-state index >= 15 is 0 Å². The molecule has 1 saturated carbocycles. The SMILES string of the molecule is CC(C)(C)c1ccnc(C2CCC(c3cc(N)n(C(C)(C)C)n3)C2)c1. The third-order valence-corrected chi connectivity index (χ3v) is 5.31. The van der Waals surface area contributed by atoms with Crippen molar-refractivity contribution in [2.24, 2.45) is 0 Å². The smallest absolute Gasteiger partial charge is 0.122 e. The van der Waals surface area contributed by atoms with Crippen LogP contribution >= 0.6 is 0 Å². The van der Waals surface area contributed by atoms with Gasteiger partial charge in [-0.05, 0) is 63.1 Å². The summed E-state index contributed by atoms with van der Waals surface area (Å²) in [5, 5.41) is 4.82. The van der Waals surface area contributed by atoms with Gasteiger partial charge >= 0.3 is 0 Å². The number of hydrogen-bond donors (Lipinski definition) is 1. The van der Waals surface area contributed by atoms with E-state index in [0.717, 1.165) is 24.4 Å². The largest absolute Gasteiger partial charge is 0.384 e. The maximum absolute atomic E-state index is 6.20. The zero-order valence-electron chi connectivity index (χ0n) is 16.5. The molecule has 2 aromatic heterocycles. The third kappa shape index (κ3) is 3.73. The number of nitrogen functional groups attached to an aromatic ring is 1. The molecule has 0 bridgehead atoms. The highest BCUT2D eigenvalue weighted by Crippen LogP contribution is 2.43. The van der Waals surface area contributed by atoms with Crippen molar-refractivity contribution >= 4 is 5.82 Å². The van der Waals surface area contributed by atoms with Crippen LogP contribution in [0.1, 0.15) is 89.6 Å². The zero-order chi connectivity index (χ0) is 18.4. The minimum Gasteiger partial charge on any atom is -0.384 e. The minimum absolute atomic E-state index is 0.0804. The summed E-state index contributed by atoms with van der Waals surface area (Å²) < 4.78 is 1.95. The van der Waals surface area contributed by atoms with E-state index in [2.05, 4.69) is 64.7 Å². The summed E-state index contributed by atoms with van der Waals surface area (Å²) in [6, 6.07) is 6.51. The lowest BCUT2D eigenvalue weighted by Gasteiger charge is -2.21. The predicted octanol–water partition coefficient (Wildman–Crippen LogP) is 4.96. The van der Waals surface area contributed by atoms with Crippen LogP contribution in [0.2, 0.25) is 0 Å². The molecule has 1 aliphatic carbocycles. The molecular weight excluding hydrogens is 308 g/mol. The van der Waals surface area contributed by atoms with Crippen LogP contribution in [-0.2, 0) is 11.0 Å². The maximum Gasteiger partial charge on any atom is 0.122 e. The van der Waals surface area contributed by atoms with Gasteiger partial charge in [-0.1, -0.05) is 20.8 Å². The van der Waals surface area contributed by atoms with Gasteiger partial charge in [0.15, 0.2) is 0 Å². The van der Waals surface area contributed by atoms with Crippen LogP contribution in [0.4, 0.5) is 5.82 Å². The van der Waals surface area contributed by atoms with Crippen LogP contribution in [0.15, 0.2) is 24.4 Å². The van der Waals surface area contributed by atoms with Crippen molar-refractivity contribution in [3.8, 4) is 0 Å². The number of anilines is 1. The van der Waals surface area contributed by atoms with Crippen molar-refractivity contribution in [2.75, 3.05) is 5.73 Å². The van der Waals surface area contributed by atoms with Crippen LogP contribution in [0.3, 0.4) is 0 Å². The van der Waals surface area contributed by atoms with Crippen molar-refractivity contribution in [2.45, 2.75) is 83.6 Å². The first-order valence-electron chi connectivity index (χ1n) is 9.38. The molecule has 1 aliphatic rings. The summed E-state index contributed by atoms with van der Waals surface area (Å²) in [7, 11) is 0. The Kier molecular flexibility index (Phi) is 4.42. The molecule has 3 rings (SSSR count). The molecule has 2 atom stereocenters. The first-order valence-corrected chi connectivity index (χ1v) is 9.38. The monoisotopic (exact) mass is 340 g/mol. The summed E-state index contributed by atoms with van der Waals surface area (Å²) in [5.74, 6) is 1.77. The van der Waals surface area contributed by atoms with Gasteiger partial charge in [0.05, 0.1) is 11.2 Å². The molecule has 0 saturated heterocycles. The fraction of sp³-hybridized carbons (Fsp3) is 0.619. The molecule has 136 valence electrons. The lowest BCUT2D eigenvalue weighted by molar-refractivity contribution is 0.357. The molecule has 0 aromatic carbocycles. The predicted molar refractivity (Wildman–Crippen MR) is 104 cm³/mol. The quantitative estimate of drug-likeness (QED) is 0.840. The molecule has 2 unspecified atom stereocenters. The lowest BCUT2D eigenvalue weighted by atomic mass is 9.86. The van der Waals surface area contributed by atoms with Crippen molar-refractivity contribution in [1.29, 1.82) is 0 Å². The highest BCUT2D eigenvalue weighted by Gasteiger charge is 2.31. The van der Waals surface area contributed by atoms with E-state index in [0.29, 0.717) is 11.8 Å². The molecule has 0 radical (unpaired) electrons. The van der Waals surface area contributed by atoms with Crippen LogP contribution in [0, 0.1) is 0 Å². The molecule has 2 aromatic rings. The first kappa shape index (κ1) is 18.0. The summed E-state index contributed by atoms with van der Waals surface area (Å²) in [6.07, 6.45) is 5.41. The molecule has 25 heavy (non-hydrogen) atoms.